The summed E-state index contributed by atoms with van der Waals surface area (Å²) in [5, 5.41) is 13.6. The van der Waals surface area contributed by atoms with Crippen LogP contribution >= 0.6 is 15.9 Å². The van der Waals surface area contributed by atoms with Crippen molar-refractivity contribution in [1.82, 2.24) is 5.32 Å². The minimum Gasteiger partial charge on any atom is -0.349 e. The summed E-state index contributed by atoms with van der Waals surface area (Å²) in [6.07, 6.45) is 1.67. The van der Waals surface area contributed by atoms with Gasteiger partial charge in [0.25, 0.3) is 11.6 Å². The van der Waals surface area contributed by atoms with Crippen molar-refractivity contribution in [3.05, 3.63) is 38.3 Å². The number of nitrogens with one attached hydrogen (secondary N) is 1. The van der Waals surface area contributed by atoms with E-state index in [-0.39, 0.29) is 17.6 Å². The van der Waals surface area contributed by atoms with Gasteiger partial charge in [-0.05, 0) is 40.9 Å². The number of rotatable bonds is 5. The molecule has 18 heavy (non-hydrogen) atoms. The smallest absolute Gasteiger partial charge is 0.284 e. The molecule has 6 heteroatoms. The quantitative estimate of drug-likeness (QED) is 0.669. The van der Waals surface area contributed by atoms with Crippen molar-refractivity contribution >= 4 is 27.5 Å². The SMILES string of the molecule is CCC(CC)NC(=O)c1ccc(Br)c([N+](=O)[O-])c1. The summed E-state index contributed by atoms with van der Waals surface area (Å²) in [5.74, 6) is -0.278. The summed E-state index contributed by atoms with van der Waals surface area (Å²) < 4.78 is 0.367. The van der Waals surface area contributed by atoms with Crippen LogP contribution in [0.1, 0.15) is 37.0 Å². The third-order valence-corrected chi connectivity index (χ3v) is 3.40. The maximum atomic E-state index is 11.9. The van der Waals surface area contributed by atoms with Crippen LogP contribution in [0.2, 0.25) is 0 Å². The second-order valence-corrected chi connectivity index (χ2v) is 4.76. The lowest BCUT2D eigenvalue weighted by Gasteiger charge is -2.14. The number of hydrogen-bond acceptors (Lipinski definition) is 3. The number of benzene rings is 1. The highest BCUT2D eigenvalue weighted by Gasteiger charge is 2.17. The van der Waals surface area contributed by atoms with Crippen LogP contribution in [0, 0.1) is 10.1 Å². The van der Waals surface area contributed by atoms with Crippen LogP contribution in [0.4, 0.5) is 5.69 Å². The number of carbonyl (C=O) groups excluding carboxylic acids is 1. The Kier molecular flexibility index (Phi) is 5.27. The van der Waals surface area contributed by atoms with E-state index in [9.17, 15) is 14.9 Å². The maximum Gasteiger partial charge on any atom is 0.284 e. The molecule has 0 aliphatic carbocycles. The van der Waals surface area contributed by atoms with E-state index in [0.29, 0.717) is 10.0 Å². The van der Waals surface area contributed by atoms with E-state index in [4.69, 9.17) is 0 Å². The topological polar surface area (TPSA) is 72.2 Å². The van der Waals surface area contributed by atoms with Crippen LogP contribution in [-0.4, -0.2) is 16.9 Å². The van der Waals surface area contributed by atoms with E-state index >= 15 is 0 Å². The van der Waals surface area contributed by atoms with Gasteiger partial charge in [-0.15, -0.1) is 0 Å². The highest BCUT2D eigenvalue weighted by atomic mass is 79.9. The lowest BCUT2D eigenvalue weighted by atomic mass is 10.1. The predicted molar refractivity (Wildman–Crippen MR) is 72.6 cm³/mol. The van der Waals surface area contributed by atoms with Crippen molar-refractivity contribution in [2.45, 2.75) is 32.7 Å². The molecule has 0 fully saturated rings. The first-order valence-electron chi connectivity index (χ1n) is 5.74. The van der Waals surface area contributed by atoms with E-state index < -0.39 is 4.92 Å². The molecule has 0 aliphatic rings. The van der Waals surface area contributed by atoms with E-state index in [0.717, 1.165) is 12.8 Å². The van der Waals surface area contributed by atoms with Gasteiger partial charge in [0, 0.05) is 17.7 Å². The first-order chi connectivity index (χ1) is 8.49. The molecule has 0 saturated heterocycles. The summed E-state index contributed by atoms with van der Waals surface area (Å²) in [5.41, 5.74) is 0.198. The highest BCUT2D eigenvalue weighted by molar-refractivity contribution is 9.10. The van der Waals surface area contributed by atoms with E-state index in [1.165, 1.54) is 12.1 Å². The molecule has 1 aromatic rings. The Morgan fingerprint density at radius 1 is 1.44 bits per heavy atom. The van der Waals surface area contributed by atoms with E-state index in [1.54, 1.807) is 6.07 Å². The van der Waals surface area contributed by atoms with Crippen LogP contribution < -0.4 is 5.32 Å². The molecule has 1 aromatic carbocycles. The lowest BCUT2D eigenvalue weighted by molar-refractivity contribution is -0.385. The van der Waals surface area contributed by atoms with Crippen LogP contribution in [0.25, 0.3) is 0 Å². The van der Waals surface area contributed by atoms with Gasteiger partial charge in [0.2, 0.25) is 0 Å². The largest absolute Gasteiger partial charge is 0.349 e. The van der Waals surface area contributed by atoms with Gasteiger partial charge in [0.1, 0.15) is 0 Å². The molecule has 1 N–H and O–H groups in total. The fourth-order valence-electron chi connectivity index (χ4n) is 1.56. The van der Waals surface area contributed by atoms with Crippen molar-refractivity contribution in [3.8, 4) is 0 Å². The average Bonchev–Trinajstić information content (AvgIpc) is 2.35. The van der Waals surface area contributed by atoms with E-state index in [1.807, 2.05) is 13.8 Å². The number of nitro benzene ring substituents is 1. The third-order valence-electron chi connectivity index (χ3n) is 2.73. The first-order valence-corrected chi connectivity index (χ1v) is 6.53. The summed E-state index contributed by atoms with van der Waals surface area (Å²) in [7, 11) is 0. The molecule has 1 rings (SSSR count). The molecule has 0 unspecified atom stereocenters. The summed E-state index contributed by atoms with van der Waals surface area (Å²) in [6.45, 7) is 3.97. The van der Waals surface area contributed by atoms with Crippen LogP contribution in [-0.2, 0) is 0 Å². The standard InChI is InChI=1S/C12H15BrN2O3/c1-3-9(4-2)14-12(16)8-5-6-10(13)11(7-8)15(17)18/h5-7,9H,3-4H2,1-2H3,(H,14,16). The monoisotopic (exact) mass is 314 g/mol. The number of nitrogens with zero attached hydrogens (tertiary/aromatic N) is 1. The molecule has 0 saturated carbocycles. The van der Waals surface area contributed by atoms with Gasteiger partial charge in [0.05, 0.1) is 9.40 Å². The number of carbonyl (C=O) groups is 1. The Bertz CT molecular complexity index is 459. The first kappa shape index (κ1) is 14.6. The van der Waals surface area contributed by atoms with Crippen molar-refractivity contribution in [1.29, 1.82) is 0 Å². The molecule has 0 radical (unpaired) electrons. The molecule has 0 aromatic heterocycles. The average molecular weight is 315 g/mol. The zero-order valence-corrected chi connectivity index (χ0v) is 11.9. The van der Waals surface area contributed by atoms with Crippen molar-refractivity contribution in [3.63, 3.8) is 0 Å². The fraction of sp³-hybridized carbons (Fsp3) is 0.417. The van der Waals surface area contributed by atoms with Crippen LogP contribution in [0.15, 0.2) is 22.7 Å². The lowest BCUT2D eigenvalue weighted by Crippen LogP contribution is -2.33. The van der Waals surface area contributed by atoms with Gasteiger partial charge < -0.3 is 5.32 Å². The molecule has 0 heterocycles. The van der Waals surface area contributed by atoms with Crippen molar-refractivity contribution in [2.24, 2.45) is 0 Å². The van der Waals surface area contributed by atoms with E-state index in [2.05, 4.69) is 21.2 Å². The van der Waals surface area contributed by atoms with Gasteiger partial charge in [-0.2, -0.15) is 0 Å². The van der Waals surface area contributed by atoms with Crippen molar-refractivity contribution < 1.29 is 9.72 Å². The minimum atomic E-state index is -0.516. The van der Waals surface area contributed by atoms with Crippen molar-refractivity contribution in [2.75, 3.05) is 0 Å². The molecular formula is C12H15BrN2O3. The molecule has 5 nitrogen and oxygen atoms in total. The molecular weight excluding hydrogens is 300 g/mol. The highest BCUT2D eigenvalue weighted by Crippen LogP contribution is 2.25. The Hall–Kier alpha value is -1.43. The maximum absolute atomic E-state index is 11.9. The van der Waals surface area contributed by atoms with Crippen LogP contribution in [0.3, 0.4) is 0 Å². The molecule has 0 aliphatic heterocycles. The zero-order chi connectivity index (χ0) is 13.7. The number of nitro groups is 1. The number of amides is 1. The minimum absolute atomic E-state index is 0.0974. The van der Waals surface area contributed by atoms with Gasteiger partial charge in [-0.3, -0.25) is 14.9 Å². The summed E-state index contributed by atoms with van der Waals surface area (Å²) in [6, 6.07) is 4.46. The second kappa shape index (κ2) is 6.49. The third kappa shape index (κ3) is 3.53. The molecule has 1 amide bonds. The summed E-state index contributed by atoms with van der Waals surface area (Å²) in [4.78, 5) is 22.2. The molecule has 0 atom stereocenters. The van der Waals surface area contributed by atoms with Gasteiger partial charge in [-0.25, -0.2) is 0 Å². The summed E-state index contributed by atoms with van der Waals surface area (Å²) >= 11 is 3.08. The molecule has 0 bridgehead atoms. The molecule has 0 spiro atoms. The van der Waals surface area contributed by atoms with Gasteiger partial charge in [-0.1, -0.05) is 13.8 Å². The van der Waals surface area contributed by atoms with Crippen LogP contribution in [0.5, 0.6) is 0 Å². The Labute approximate surface area is 114 Å². The second-order valence-electron chi connectivity index (χ2n) is 3.91. The Morgan fingerprint density at radius 3 is 2.56 bits per heavy atom. The number of halogens is 1. The van der Waals surface area contributed by atoms with Gasteiger partial charge >= 0.3 is 0 Å². The number of hydrogen-bond donors (Lipinski definition) is 1. The fourth-order valence-corrected chi connectivity index (χ4v) is 1.95. The van der Waals surface area contributed by atoms with Gasteiger partial charge in [0.15, 0.2) is 0 Å². The Morgan fingerprint density at radius 2 is 2.06 bits per heavy atom. The Balaban J connectivity index is 2.93. The molecule has 98 valence electrons. The predicted octanol–water partition coefficient (Wildman–Crippen LogP) is 3.28. The zero-order valence-electron chi connectivity index (χ0n) is 10.3. The normalized spacial score (nSPS) is 10.4.